The van der Waals surface area contributed by atoms with Gasteiger partial charge in [0.25, 0.3) is 0 Å². The van der Waals surface area contributed by atoms with E-state index in [0.29, 0.717) is 5.41 Å². The average Bonchev–Trinajstić information content (AvgIpc) is 2.83. The molecule has 0 aromatic carbocycles. The molecule has 0 heterocycles. The molecule has 0 aliphatic rings. The van der Waals surface area contributed by atoms with Crippen molar-refractivity contribution in [2.24, 2.45) is 5.41 Å². The summed E-state index contributed by atoms with van der Waals surface area (Å²) >= 11 is 0. The molecule has 0 aliphatic heterocycles. The van der Waals surface area contributed by atoms with Crippen molar-refractivity contribution in [3.63, 3.8) is 0 Å². The van der Waals surface area contributed by atoms with Crippen molar-refractivity contribution in [3.8, 4) is 0 Å². The molecular formula is C33H68. The highest BCUT2D eigenvalue weighted by atomic mass is 14.3. The Labute approximate surface area is 212 Å². The van der Waals surface area contributed by atoms with E-state index in [1.165, 1.54) is 180 Å². The predicted molar refractivity (Wildman–Crippen MR) is 154 cm³/mol. The lowest BCUT2D eigenvalue weighted by atomic mass is 9.70. The molecule has 0 bridgehead atoms. The van der Waals surface area contributed by atoms with Crippen LogP contribution < -0.4 is 0 Å². The van der Waals surface area contributed by atoms with Crippen LogP contribution in [0.1, 0.15) is 207 Å². The molecule has 200 valence electrons. The van der Waals surface area contributed by atoms with Crippen LogP contribution in [0.25, 0.3) is 0 Å². The van der Waals surface area contributed by atoms with Gasteiger partial charge in [-0.25, -0.2) is 0 Å². The van der Waals surface area contributed by atoms with Gasteiger partial charge in [-0.1, -0.05) is 182 Å². The van der Waals surface area contributed by atoms with Gasteiger partial charge in [-0.3, -0.25) is 0 Å². The maximum Gasteiger partial charge on any atom is -0.0297 e. The second-order valence-electron chi connectivity index (χ2n) is 11.6. The van der Waals surface area contributed by atoms with Crippen LogP contribution in [0.3, 0.4) is 0 Å². The van der Waals surface area contributed by atoms with Crippen molar-refractivity contribution in [1.29, 1.82) is 0 Å². The first kappa shape index (κ1) is 33.0. The van der Waals surface area contributed by atoms with E-state index in [2.05, 4.69) is 27.7 Å². The van der Waals surface area contributed by atoms with E-state index in [-0.39, 0.29) is 0 Å². The molecule has 0 aromatic heterocycles. The molecular weight excluding hydrogens is 396 g/mol. The summed E-state index contributed by atoms with van der Waals surface area (Å²) in [6, 6.07) is 0. The first-order valence-electron chi connectivity index (χ1n) is 16.2. The second kappa shape index (κ2) is 26.6. The van der Waals surface area contributed by atoms with E-state index in [0.717, 1.165) is 0 Å². The van der Waals surface area contributed by atoms with Crippen LogP contribution in [0.15, 0.2) is 0 Å². The molecule has 33 heavy (non-hydrogen) atoms. The Morgan fingerprint density at radius 3 is 0.667 bits per heavy atom. The Balaban J connectivity index is 4.34. The normalized spacial score (nSPS) is 12.0. The molecule has 0 saturated carbocycles. The number of hydrogen-bond acceptors (Lipinski definition) is 0. The average molecular weight is 465 g/mol. The fraction of sp³-hybridized carbons (Fsp3) is 1.00. The predicted octanol–water partition coefficient (Wildman–Crippen LogP) is 13.0. The molecule has 0 amide bonds. The van der Waals surface area contributed by atoms with Crippen molar-refractivity contribution < 1.29 is 0 Å². The van der Waals surface area contributed by atoms with Crippen LogP contribution in [-0.2, 0) is 0 Å². The van der Waals surface area contributed by atoms with Gasteiger partial charge in [0, 0.05) is 0 Å². The minimum atomic E-state index is 0.688. The van der Waals surface area contributed by atoms with E-state index < -0.39 is 0 Å². The number of unbranched alkanes of at least 4 members (excludes halogenated alkanes) is 20. The fourth-order valence-electron chi connectivity index (χ4n) is 5.87. The van der Waals surface area contributed by atoms with Gasteiger partial charge < -0.3 is 0 Å². The molecule has 0 aliphatic carbocycles. The highest BCUT2D eigenvalue weighted by Gasteiger charge is 2.28. The summed E-state index contributed by atoms with van der Waals surface area (Å²) < 4.78 is 0. The molecule has 0 spiro atoms. The molecule has 0 nitrogen and oxygen atoms in total. The Kier molecular flexibility index (Phi) is 26.6. The summed E-state index contributed by atoms with van der Waals surface area (Å²) in [6.45, 7) is 9.38. The molecule has 0 aromatic rings. The van der Waals surface area contributed by atoms with E-state index in [1.54, 1.807) is 0 Å². The minimum absolute atomic E-state index is 0.688. The van der Waals surface area contributed by atoms with Crippen molar-refractivity contribution in [3.05, 3.63) is 0 Å². The zero-order valence-corrected chi connectivity index (χ0v) is 24.3. The summed E-state index contributed by atoms with van der Waals surface area (Å²) in [7, 11) is 0. The quantitative estimate of drug-likeness (QED) is 0.101. The Morgan fingerprint density at radius 1 is 0.242 bits per heavy atom. The van der Waals surface area contributed by atoms with Gasteiger partial charge in [0.05, 0.1) is 0 Å². The van der Waals surface area contributed by atoms with Gasteiger partial charge in [0.15, 0.2) is 0 Å². The maximum atomic E-state index is 2.36. The summed E-state index contributed by atoms with van der Waals surface area (Å²) in [5.41, 5.74) is 0.688. The lowest BCUT2D eigenvalue weighted by molar-refractivity contribution is 0.172. The number of hydrogen-bond donors (Lipinski definition) is 0. The molecule has 0 saturated heterocycles. The van der Waals surface area contributed by atoms with Gasteiger partial charge in [-0.15, -0.1) is 0 Å². The van der Waals surface area contributed by atoms with Gasteiger partial charge >= 0.3 is 0 Å². The summed E-state index contributed by atoms with van der Waals surface area (Å²) in [5, 5.41) is 0. The Bertz CT molecular complexity index is 313. The maximum absolute atomic E-state index is 2.36. The summed E-state index contributed by atoms with van der Waals surface area (Å²) in [4.78, 5) is 0. The van der Waals surface area contributed by atoms with Gasteiger partial charge in [-0.2, -0.15) is 0 Å². The highest BCUT2D eigenvalue weighted by molar-refractivity contribution is 4.80. The van der Waals surface area contributed by atoms with Crippen molar-refractivity contribution in [2.45, 2.75) is 207 Å². The zero-order valence-electron chi connectivity index (χ0n) is 24.3. The van der Waals surface area contributed by atoms with Crippen molar-refractivity contribution in [1.82, 2.24) is 0 Å². The lowest BCUT2D eigenvalue weighted by Crippen LogP contribution is -2.21. The minimum Gasteiger partial charge on any atom is -0.0654 e. The molecule has 0 atom stereocenters. The third kappa shape index (κ3) is 22.2. The van der Waals surface area contributed by atoms with Crippen molar-refractivity contribution >= 4 is 0 Å². The van der Waals surface area contributed by atoms with Crippen LogP contribution in [0, 0.1) is 5.41 Å². The largest absolute Gasteiger partial charge is 0.0654 e. The third-order valence-corrected chi connectivity index (χ3v) is 8.24. The second-order valence-corrected chi connectivity index (χ2v) is 11.6. The molecule has 0 fully saturated rings. The van der Waals surface area contributed by atoms with Crippen LogP contribution in [0.4, 0.5) is 0 Å². The van der Waals surface area contributed by atoms with Crippen LogP contribution >= 0.6 is 0 Å². The van der Waals surface area contributed by atoms with Gasteiger partial charge in [0.2, 0.25) is 0 Å². The standard InChI is InChI=1S/C33H68/c1-5-9-13-17-18-19-20-21-22-23-24-28-32-33(29-25-14-10-6-2,30-26-15-11-7-3)31-27-16-12-8-4/h5-32H2,1-4H3. The molecule has 0 N–H and O–H groups in total. The smallest absolute Gasteiger partial charge is 0.0297 e. The number of rotatable bonds is 28. The molecule has 0 heteroatoms. The molecule has 0 unspecified atom stereocenters. The SMILES string of the molecule is CCCCCCCCCCCCCCC(CCCCCC)(CCCCCC)CCCCCC. The van der Waals surface area contributed by atoms with Gasteiger partial charge in [0.1, 0.15) is 0 Å². The van der Waals surface area contributed by atoms with Crippen LogP contribution in [0.5, 0.6) is 0 Å². The van der Waals surface area contributed by atoms with Crippen LogP contribution in [0.2, 0.25) is 0 Å². The Morgan fingerprint density at radius 2 is 0.424 bits per heavy atom. The van der Waals surface area contributed by atoms with E-state index >= 15 is 0 Å². The van der Waals surface area contributed by atoms with Crippen molar-refractivity contribution in [2.75, 3.05) is 0 Å². The molecule has 0 radical (unpaired) electrons. The van der Waals surface area contributed by atoms with Gasteiger partial charge in [-0.05, 0) is 31.1 Å². The highest BCUT2D eigenvalue weighted by Crippen LogP contribution is 2.42. The van der Waals surface area contributed by atoms with E-state index in [4.69, 9.17) is 0 Å². The first-order valence-corrected chi connectivity index (χ1v) is 16.2. The zero-order chi connectivity index (χ0) is 24.3. The Hall–Kier alpha value is 0. The lowest BCUT2D eigenvalue weighted by Gasteiger charge is -2.35. The monoisotopic (exact) mass is 465 g/mol. The van der Waals surface area contributed by atoms with E-state index in [9.17, 15) is 0 Å². The first-order chi connectivity index (χ1) is 16.2. The molecule has 0 rings (SSSR count). The third-order valence-electron chi connectivity index (χ3n) is 8.24. The fourth-order valence-corrected chi connectivity index (χ4v) is 5.87. The van der Waals surface area contributed by atoms with Crippen LogP contribution in [-0.4, -0.2) is 0 Å². The van der Waals surface area contributed by atoms with E-state index in [1.807, 2.05) is 0 Å². The summed E-state index contributed by atoms with van der Waals surface area (Å²) in [6.07, 6.45) is 41.2. The summed E-state index contributed by atoms with van der Waals surface area (Å²) in [5.74, 6) is 0. The topological polar surface area (TPSA) is 0 Å².